The second-order valence-corrected chi connectivity index (χ2v) is 6.35. The Kier molecular flexibility index (Phi) is 4.16. The Balaban J connectivity index is 1.79. The van der Waals surface area contributed by atoms with Gasteiger partial charge in [0, 0.05) is 5.41 Å². The maximum absolute atomic E-state index is 12.5. The first-order chi connectivity index (χ1) is 11.1. The highest BCUT2D eigenvalue weighted by Gasteiger charge is 2.23. The van der Waals surface area contributed by atoms with Crippen molar-refractivity contribution in [2.45, 2.75) is 19.3 Å². The van der Waals surface area contributed by atoms with Crippen molar-refractivity contribution in [2.24, 2.45) is 0 Å². The number of hydrogen-bond donors (Lipinski definition) is 0. The van der Waals surface area contributed by atoms with Crippen LogP contribution in [0.3, 0.4) is 0 Å². The van der Waals surface area contributed by atoms with Gasteiger partial charge in [-0.1, -0.05) is 80.6 Å². The molecule has 0 amide bonds. The molecule has 3 aromatic rings. The van der Waals surface area contributed by atoms with E-state index in [0.717, 1.165) is 16.3 Å². The average molecular weight is 304 g/mol. The Morgan fingerprint density at radius 3 is 2.30 bits per heavy atom. The van der Waals surface area contributed by atoms with Gasteiger partial charge in [-0.2, -0.15) is 0 Å². The maximum atomic E-state index is 12.5. The van der Waals surface area contributed by atoms with Crippen LogP contribution in [0.2, 0.25) is 0 Å². The fraction of sp³-hybridized carbons (Fsp3) is 0.190. The van der Waals surface area contributed by atoms with Crippen molar-refractivity contribution in [1.82, 2.24) is 0 Å². The van der Waals surface area contributed by atoms with Gasteiger partial charge in [0.25, 0.3) is 0 Å². The second-order valence-electron chi connectivity index (χ2n) is 6.35. The van der Waals surface area contributed by atoms with Crippen LogP contribution >= 0.6 is 0 Å². The molecule has 0 saturated carbocycles. The molecule has 2 nitrogen and oxygen atoms in total. The Morgan fingerprint density at radius 1 is 0.870 bits per heavy atom. The van der Waals surface area contributed by atoms with Gasteiger partial charge in [-0.05, 0) is 22.4 Å². The molecule has 0 aromatic heterocycles. The van der Waals surface area contributed by atoms with E-state index < -0.39 is 0 Å². The van der Waals surface area contributed by atoms with E-state index in [2.05, 4.69) is 26.0 Å². The Bertz CT molecular complexity index is 814. The molecule has 2 heteroatoms. The van der Waals surface area contributed by atoms with Gasteiger partial charge in [-0.15, -0.1) is 0 Å². The molecule has 3 aromatic carbocycles. The van der Waals surface area contributed by atoms with Crippen LogP contribution < -0.4 is 0 Å². The fourth-order valence-electron chi connectivity index (χ4n) is 2.70. The predicted molar refractivity (Wildman–Crippen MR) is 93.7 cm³/mol. The van der Waals surface area contributed by atoms with Crippen molar-refractivity contribution >= 4 is 16.7 Å². The molecular formula is C21H20O2. The lowest BCUT2D eigenvalue weighted by Crippen LogP contribution is -2.26. The number of hydrogen-bond acceptors (Lipinski definition) is 2. The quantitative estimate of drug-likeness (QED) is 0.636. The zero-order valence-corrected chi connectivity index (χ0v) is 13.5. The lowest BCUT2D eigenvalue weighted by Gasteiger charge is -2.24. The fourth-order valence-corrected chi connectivity index (χ4v) is 2.70. The lowest BCUT2D eigenvalue weighted by molar-refractivity contribution is 0.0429. The van der Waals surface area contributed by atoms with Crippen LogP contribution in [0, 0.1) is 0 Å². The van der Waals surface area contributed by atoms with Gasteiger partial charge in [0.05, 0.1) is 5.56 Å². The van der Waals surface area contributed by atoms with Crippen molar-refractivity contribution in [2.75, 3.05) is 6.61 Å². The molecule has 0 radical (unpaired) electrons. The largest absolute Gasteiger partial charge is 0.461 e. The number of esters is 1. The molecule has 116 valence electrons. The Morgan fingerprint density at radius 2 is 1.52 bits per heavy atom. The SMILES string of the molecule is CC(C)(COC(=O)c1cccc2ccccc12)c1ccccc1. The minimum Gasteiger partial charge on any atom is -0.461 e. The topological polar surface area (TPSA) is 26.3 Å². The number of benzene rings is 3. The molecule has 0 spiro atoms. The number of carbonyl (C=O) groups excluding carboxylic acids is 1. The first-order valence-electron chi connectivity index (χ1n) is 7.78. The van der Waals surface area contributed by atoms with Crippen molar-refractivity contribution in [3.05, 3.63) is 83.9 Å². The van der Waals surface area contributed by atoms with E-state index >= 15 is 0 Å². The summed E-state index contributed by atoms with van der Waals surface area (Å²) in [6.45, 7) is 4.51. The number of ether oxygens (including phenoxy) is 1. The molecule has 0 bridgehead atoms. The van der Waals surface area contributed by atoms with Gasteiger partial charge in [-0.25, -0.2) is 4.79 Å². The van der Waals surface area contributed by atoms with Crippen LogP contribution in [-0.2, 0) is 10.2 Å². The van der Waals surface area contributed by atoms with Crippen molar-refractivity contribution in [3.63, 3.8) is 0 Å². The monoisotopic (exact) mass is 304 g/mol. The average Bonchev–Trinajstić information content (AvgIpc) is 2.60. The van der Waals surface area contributed by atoms with E-state index in [1.807, 2.05) is 60.7 Å². The molecule has 0 aliphatic heterocycles. The molecule has 0 N–H and O–H groups in total. The van der Waals surface area contributed by atoms with E-state index in [4.69, 9.17) is 4.74 Å². The molecule has 0 unspecified atom stereocenters. The second kappa shape index (κ2) is 6.25. The van der Waals surface area contributed by atoms with E-state index in [9.17, 15) is 4.79 Å². The number of rotatable bonds is 4. The summed E-state index contributed by atoms with van der Waals surface area (Å²) < 4.78 is 5.62. The van der Waals surface area contributed by atoms with E-state index in [-0.39, 0.29) is 11.4 Å². The van der Waals surface area contributed by atoms with Crippen LogP contribution in [0.25, 0.3) is 10.8 Å². The maximum Gasteiger partial charge on any atom is 0.338 e. The smallest absolute Gasteiger partial charge is 0.338 e. The highest BCUT2D eigenvalue weighted by Crippen LogP contribution is 2.25. The summed E-state index contributed by atoms with van der Waals surface area (Å²) in [6.07, 6.45) is 0. The first-order valence-corrected chi connectivity index (χ1v) is 7.78. The Hall–Kier alpha value is -2.61. The molecule has 0 aliphatic rings. The minimum atomic E-state index is -0.272. The van der Waals surface area contributed by atoms with Crippen LogP contribution in [0.1, 0.15) is 29.8 Å². The van der Waals surface area contributed by atoms with Crippen LogP contribution in [0.4, 0.5) is 0 Å². The summed E-state index contributed by atoms with van der Waals surface area (Å²) in [5.41, 5.74) is 1.55. The lowest BCUT2D eigenvalue weighted by atomic mass is 9.86. The van der Waals surface area contributed by atoms with Gasteiger partial charge in [0.1, 0.15) is 6.61 Å². The molecular weight excluding hydrogens is 284 g/mol. The van der Waals surface area contributed by atoms with Crippen molar-refractivity contribution in [3.8, 4) is 0 Å². The van der Waals surface area contributed by atoms with Gasteiger partial charge < -0.3 is 4.74 Å². The Labute approximate surface area is 136 Å². The molecule has 0 saturated heterocycles. The third-order valence-electron chi connectivity index (χ3n) is 4.13. The molecule has 0 fully saturated rings. The van der Waals surface area contributed by atoms with Crippen LogP contribution in [-0.4, -0.2) is 12.6 Å². The summed E-state index contributed by atoms with van der Waals surface area (Å²) in [7, 11) is 0. The van der Waals surface area contributed by atoms with Crippen LogP contribution in [0.15, 0.2) is 72.8 Å². The normalized spacial score (nSPS) is 11.4. The van der Waals surface area contributed by atoms with Crippen molar-refractivity contribution in [1.29, 1.82) is 0 Å². The zero-order valence-electron chi connectivity index (χ0n) is 13.5. The molecule has 23 heavy (non-hydrogen) atoms. The molecule has 0 aliphatic carbocycles. The standard InChI is InChI=1S/C21H20O2/c1-21(2,17-11-4-3-5-12-17)15-23-20(22)19-14-8-10-16-9-6-7-13-18(16)19/h3-14H,15H2,1-2H3. The summed E-state index contributed by atoms with van der Waals surface area (Å²) >= 11 is 0. The summed E-state index contributed by atoms with van der Waals surface area (Å²) in [5.74, 6) is -0.272. The van der Waals surface area contributed by atoms with E-state index in [1.54, 1.807) is 0 Å². The molecule has 3 rings (SSSR count). The highest BCUT2D eigenvalue weighted by molar-refractivity contribution is 6.04. The van der Waals surface area contributed by atoms with E-state index in [1.165, 1.54) is 0 Å². The highest BCUT2D eigenvalue weighted by atomic mass is 16.5. The van der Waals surface area contributed by atoms with E-state index in [0.29, 0.717) is 12.2 Å². The minimum absolute atomic E-state index is 0.221. The molecule has 0 heterocycles. The zero-order chi connectivity index (χ0) is 16.3. The number of carbonyl (C=O) groups is 1. The third kappa shape index (κ3) is 3.26. The van der Waals surface area contributed by atoms with Crippen molar-refractivity contribution < 1.29 is 9.53 Å². The van der Waals surface area contributed by atoms with Gasteiger partial charge >= 0.3 is 5.97 Å². The third-order valence-corrected chi connectivity index (χ3v) is 4.13. The molecule has 0 atom stereocenters. The summed E-state index contributed by atoms with van der Waals surface area (Å²) in [4.78, 5) is 12.5. The number of fused-ring (bicyclic) bond motifs is 1. The summed E-state index contributed by atoms with van der Waals surface area (Å²) in [5, 5.41) is 1.97. The van der Waals surface area contributed by atoms with Crippen LogP contribution in [0.5, 0.6) is 0 Å². The van der Waals surface area contributed by atoms with Gasteiger partial charge in [0.2, 0.25) is 0 Å². The van der Waals surface area contributed by atoms with Gasteiger partial charge in [-0.3, -0.25) is 0 Å². The predicted octanol–water partition coefficient (Wildman–Crippen LogP) is 4.97. The van der Waals surface area contributed by atoms with Gasteiger partial charge in [0.15, 0.2) is 0 Å². The first kappa shape index (κ1) is 15.3. The summed E-state index contributed by atoms with van der Waals surface area (Å²) in [6, 6.07) is 23.7.